The molecule has 3 aliphatic rings. The number of amides is 2. The summed E-state index contributed by atoms with van der Waals surface area (Å²) in [6.07, 6.45) is 6.75. The van der Waals surface area contributed by atoms with Gasteiger partial charge in [0.2, 0.25) is 11.8 Å². The molecule has 4 rings (SSSR count). The molecule has 2 aliphatic carbocycles. The van der Waals surface area contributed by atoms with Gasteiger partial charge in [-0.2, -0.15) is 0 Å². The molecule has 1 aromatic rings. The van der Waals surface area contributed by atoms with Crippen LogP contribution in [0.4, 0.5) is 4.79 Å². The molecule has 7 heteroatoms. The number of piperidine rings is 1. The Morgan fingerprint density at radius 1 is 1.29 bits per heavy atom. The van der Waals surface area contributed by atoms with Gasteiger partial charge in [0.05, 0.1) is 0 Å². The Hall–Kier alpha value is -1.30. The van der Waals surface area contributed by atoms with Gasteiger partial charge in [-0.15, -0.1) is 21.8 Å². The predicted molar refractivity (Wildman–Crippen MR) is 89.8 cm³/mol. The van der Waals surface area contributed by atoms with Gasteiger partial charge in [-0.1, -0.05) is 6.92 Å². The molecule has 1 saturated heterocycles. The van der Waals surface area contributed by atoms with Crippen molar-refractivity contribution in [3.63, 3.8) is 0 Å². The molecule has 0 unspecified atom stereocenters. The number of fused-ring (bicyclic) bond motifs is 2. The molecule has 6 nitrogen and oxygen atoms in total. The summed E-state index contributed by atoms with van der Waals surface area (Å²) in [5.41, 5.74) is -0.405. The highest BCUT2D eigenvalue weighted by molar-refractivity contribution is 6.20. The minimum atomic E-state index is -0.405. The lowest BCUT2D eigenvalue weighted by molar-refractivity contribution is -0.114. The maximum Gasteiger partial charge on any atom is 0.318 e. The number of nitrogens with one attached hydrogen (secondary N) is 1. The van der Waals surface area contributed by atoms with Gasteiger partial charge in [0.25, 0.3) is 0 Å². The average molecular weight is 353 g/mol. The van der Waals surface area contributed by atoms with Gasteiger partial charge in [-0.3, -0.25) is 0 Å². The predicted octanol–water partition coefficient (Wildman–Crippen LogP) is 3.34. The molecule has 1 aliphatic heterocycles. The molecule has 24 heavy (non-hydrogen) atoms. The van der Waals surface area contributed by atoms with E-state index in [1.807, 2.05) is 4.90 Å². The first-order valence-electron chi connectivity index (χ1n) is 9.02. The van der Waals surface area contributed by atoms with Crippen LogP contribution in [0.5, 0.6) is 0 Å². The lowest BCUT2D eigenvalue weighted by Crippen LogP contribution is -2.71. The van der Waals surface area contributed by atoms with Crippen LogP contribution < -0.4 is 5.32 Å². The third kappa shape index (κ3) is 2.59. The molecule has 3 fully saturated rings. The zero-order valence-corrected chi connectivity index (χ0v) is 15.1. The number of hydrogen-bond acceptors (Lipinski definition) is 4. The van der Waals surface area contributed by atoms with Crippen LogP contribution in [0.1, 0.15) is 63.7 Å². The Morgan fingerprint density at radius 2 is 2.04 bits per heavy atom. The van der Waals surface area contributed by atoms with Gasteiger partial charge in [-0.25, -0.2) is 4.79 Å². The molecule has 0 radical (unpaired) electrons. The quantitative estimate of drug-likeness (QED) is 0.828. The van der Waals surface area contributed by atoms with E-state index in [2.05, 4.69) is 22.4 Å². The summed E-state index contributed by atoms with van der Waals surface area (Å²) in [5.74, 6) is 1.72. The Morgan fingerprint density at radius 3 is 2.71 bits per heavy atom. The van der Waals surface area contributed by atoms with Crippen molar-refractivity contribution >= 4 is 17.6 Å². The van der Waals surface area contributed by atoms with E-state index in [9.17, 15) is 4.79 Å². The molecule has 132 valence electrons. The lowest BCUT2D eigenvalue weighted by Gasteiger charge is -2.61. The third-order valence-corrected chi connectivity index (χ3v) is 6.32. The topological polar surface area (TPSA) is 71.3 Å². The summed E-state index contributed by atoms with van der Waals surface area (Å²) in [6.45, 7) is 4.03. The van der Waals surface area contributed by atoms with Crippen molar-refractivity contribution < 1.29 is 9.21 Å². The summed E-state index contributed by atoms with van der Waals surface area (Å²) < 4.78 is 5.74. The fourth-order valence-corrected chi connectivity index (χ4v) is 5.13. The van der Waals surface area contributed by atoms with E-state index in [0.29, 0.717) is 17.7 Å². The average Bonchev–Trinajstić information content (AvgIpc) is 2.95. The Kier molecular flexibility index (Phi) is 3.98. The standard InChI is InChI=1S/C17H25ClN4O2/c1-10-7-14-9-17(8-10,15-21-20-11(2)24-15)22(14)16(23)19-13-5-3-12(18)4-6-13/h10,12-14H,3-9H2,1-2H3,(H,19,23)/t10-,12?,13?,14-,17+/m1/s1. The van der Waals surface area contributed by atoms with Gasteiger partial charge in [0.1, 0.15) is 5.54 Å². The maximum atomic E-state index is 13.0. The van der Waals surface area contributed by atoms with E-state index in [0.717, 1.165) is 44.9 Å². The number of likely N-dealkylation sites (tertiary alicyclic amines) is 1. The van der Waals surface area contributed by atoms with Crippen LogP contribution in [-0.2, 0) is 5.54 Å². The number of alkyl halides is 1. The lowest BCUT2D eigenvalue weighted by atomic mass is 9.64. The largest absolute Gasteiger partial charge is 0.423 e. The first kappa shape index (κ1) is 16.2. The van der Waals surface area contributed by atoms with E-state index >= 15 is 0 Å². The Bertz CT molecular complexity index is 628. The second-order valence-electron chi connectivity index (χ2n) is 7.83. The van der Waals surface area contributed by atoms with Crippen LogP contribution >= 0.6 is 11.6 Å². The van der Waals surface area contributed by atoms with Crippen molar-refractivity contribution in [3.05, 3.63) is 11.8 Å². The third-order valence-electron chi connectivity index (χ3n) is 5.89. The highest BCUT2D eigenvalue weighted by Gasteiger charge is 2.62. The fraction of sp³-hybridized carbons (Fsp3) is 0.824. The van der Waals surface area contributed by atoms with Gasteiger partial charge >= 0.3 is 6.03 Å². The molecule has 1 N–H and O–H groups in total. The van der Waals surface area contributed by atoms with Crippen molar-refractivity contribution in [2.45, 2.75) is 81.8 Å². The highest BCUT2D eigenvalue weighted by Crippen LogP contribution is 2.55. The molecule has 1 aromatic heterocycles. The Labute approximate surface area is 147 Å². The number of aryl methyl sites for hydroxylation is 1. The van der Waals surface area contributed by atoms with Crippen LogP contribution in [0.25, 0.3) is 0 Å². The van der Waals surface area contributed by atoms with Crippen molar-refractivity contribution in [1.29, 1.82) is 0 Å². The molecule has 3 atom stereocenters. The number of aromatic nitrogens is 2. The van der Waals surface area contributed by atoms with Crippen molar-refractivity contribution in [2.75, 3.05) is 0 Å². The van der Waals surface area contributed by atoms with Gasteiger partial charge in [0.15, 0.2) is 0 Å². The number of halogens is 1. The van der Waals surface area contributed by atoms with E-state index in [1.165, 1.54) is 0 Å². The minimum Gasteiger partial charge on any atom is -0.423 e. The molecular formula is C17H25ClN4O2. The van der Waals surface area contributed by atoms with Crippen LogP contribution in [0.3, 0.4) is 0 Å². The monoisotopic (exact) mass is 352 g/mol. The zero-order valence-electron chi connectivity index (χ0n) is 14.3. The van der Waals surface area contributed by atoms with Gasteiger partial charge in [-0.05, 0) is 44.4 Å². The summed E-state index contributed by atoms with van der Waals surface area (Å²) >= 11 is 6.17. The van der Waals surface area contributed by atoms with Crippen LogP contribution in [0.15, 0.2) is 4.42 Å². The molecular weight excluding hydrogens is 328 g/mol. The first-order chi connectivity index (χ1) is 11.5. The van der Waals surface area contributed by atoms with Gasteiger partial charge in [0, 0.05) is 30.8 Å². The number of nitrogens with zero attached hydrogens (tertiary/aromatic N) is 3. The maximum absolute atomic E-state index is 13.0. The van der Waals surface area contributed by atoms with Gasteiger partial charge < -0.3 is 14.6 Å². The number of hydrogen-bond donors (Lipinski definition) is 1. The number of carbonyl (C=O) groups is 1. The second-order valence-corrected chi connectivity index (χ2v) is 8.45. The van der Waals surface area contributed by atoms with E-state index < -0.39 is 5.54 Å². The molecule has 0 aromatic carbocycles. The van der Waals surface area contributed by atoms with Crippen LogP contribution in [0, 0.1) is 12.8 Å². The number of urea groups is 1. The molecule has 2 heterocycles. The number of rotatable bonds is 2. The summed E-state index contributed by atoms with van der Waals surface area (Å²) in [4.78, 5) is 15.0. The molecule has 2 saturated carbocycles. The Balaban J connectivity index is 1.52. The van der Waals surface area contributed by atoms with Crippen molar-refractivity contribution in [1.82, 2.24) is 20.4 Å². The van der Waals surface area contributed by atoms with E-state index in [1.54, 1.807) is 6.92 Å². The normalized spacial score (nSPS) is 38.5. The van der Waals surface area contributed by atoms with Crippen molar-refractivity contribution in [3.8, 4) is 0 Å². The van der Waals surface area contributed by atoms with E-state index in [4.69, 9.17) is 16.0 Å². The fourth-order valence-electron chi connectivity index (χ4n) is 4.87. The SMILES string of the molecule is Cc1nnc([C@]23C[C@H](C)C[C@H](C2)N3C(=O)NC2CCC(Cl)CC2)o1. The molecule has 2 bridgehead atoms. The van der Waals surface area contributed by atoms with Crippen LogP contribution in [-0.4, -0.2) is 38.6 Å². The summed E-state index contributed by atoms with van der Waals surface area (Å²) in [6, 6.07) is 0.532. The second kappa shape index (κ2) is 5.90. The van der Waals surface area contributed by atoms with Crippen LogP contribution in [0.2, 0.25) is 0 Å². The smallest absolute Gasteiger partial charge is 0.318 e. The molecule has 0 spiro atoms. The molecule has 2 amide bonds. The zero-order chi connectivity index (χ0) is 16.9. The van der Waals surface area contributed by atoms with E-state index in [-0.39, 0.29) is 23.5 Å². The number of carbonyl (C=O) groups excluding carboxylic acids is 1. The van der Waals surface area contributed by atoms with Crippen molar-refractivity contribution in [2.24, 2.45) is 5.92 Å². The first-order valence-corrected chi connectivity index (χ1v) is 9.46. The summed E-state index contributed by atoms with van der Waals surface area (Å²) in [5, 5.41) is 11.7. The minimum absolute atomic E-state index is 0.0204. The summed E-state index contributed by atoms with van der Waals surface area (Å²) in [7, 11) is 0. The highest BCUT2D eigenvalue weighted by atomic mass is 35.5.